The van der Waals surface area contributed by atoms with Gasteiger partial charge in [-0.2, -0.15) is 0 Å². The number of benzene rings is 1. The maximum absolute atomic E-state index is 5.02. The van der Waals surface area contributed by atoms with Gasteiger partial charge in [0.1, 0.15) is 6.61 Å². The molecule has 0 atom stereocenters. The van der Waals surface area contributed by atoms with E-state index in [9.17, 15) is 0 Å². The van der Waals surface area contributed by atoms with Crippen LogP contribution in [0.3, 0.4) is 0 Å². The van der Waals surface area contributed by atoms with Crippen LogP contribution in [0, 0.1) is 0 Å². The number of rotatable bonds is 2. The maximum Gasteiger partial charge on any atom is 0.102 e. The van der Waals surface area contributed by atoms with E-state index in [1.807, 2.05) is 12.1 Å². The van der Waals surface area contributed by atoms with Crippen molar-refractivity contribution in [2.75, 3.05) is 0 Å². The molecule has 0 aliphatic rings. The zero-order valence-electron chi connectivity index (χ0n) is 6.79. The Morgan fingerprint density at radius 3 is 3.00 bits per heavy atom. The lowest BCUT2D eigenvalue weighted by molar-refractivity contribution is 0.126. The fraction of sp³-hybridized carbons (Fsp3) is 0.111. The van der Waals surface area contributed by atoms with E-state index >= 15 is 0 Å². The molecule has 0 radical (unpaired) electrons. The molecule has 1 aromatic heterocycles. The molecule has 0 fully saturated rings. The van der Waals surface area contributed by atoms with Crippen molar-refractivity contribution in [2.45, 2.75) is 6.61 Å². The van der Waals surface area contributed by atoms with E-state index < -0.39 is 0 Å². The molecule has 0 aliphatic heterocycles. The molecule has 68 valence electrons. The van der Waals surface area contributed by atoms with Crippen LogP contribution in [0.25, 0.3) is 10.1 Å². The van der Waals surface area contributed by atoms with Crippen LogP contribution in [0.2, 0.25) is 0 Å². The number of hydrogen-bond acceptors (Lipinski definition) is 3. The molecule has 1 heterocycles. The molecule has 4 heteroatoms. The normalized spacial score (nSPS) is 10.9. The molecule has 13 heavy (non-hydrogen) atoms. The van der Waals surface area contributed by atoms with Gasteiger partial charge in [-0.3, -0.25) is 4.84 Å². The second-order valence-electron chi connectivity index (χ2n) is 2.68. The number of thiophene rings is 1. The van der Waals surface area contributed by atoms with Crippen molar-refractivity contribution in [3.63, 3.8) is 0 Å². The van der Waals surface area contributed by atoms with Crippen LogP contribution in [0.1, 0.15) is 4.88 Å². The van der Waals surface area contributed by atoms with Crippen molar-refractivity contribution in [2.24, 2.45) is 5.90 Å². The van der Waals surface area contributed by atoms with Gasteiger partial charge in [-0.15, -0.1) is 11.3 Å². The van der Waals surface area contributed by atoms with Gasteiger partial charge in [-0.25, -0.2) is 5.90 Å². The van der Waals surface area contributed by atoms with E-state index in [0.717, 1.165) is 9.35 Å². The predicted molar refractivity (Wildman–Crippen MR) is 58.5 cm³/mol. The van der Waals surface area contributed by atoms with E-state index in [1.165, 1.54) is 10.1 Å². The summed E-state index contributed by atoms with van der Waals surface area (Å²) in [7, 11) is 0. The Kier molecular flexibility index (Phi) is 2.64. The van der Waals surface area contributed by atoms with Crippen LogP contribution in [0.15, 0.2) is 28.7 Å². The summed E-state index contributed by atoms with van der Waals surface area (Å²) in [6.07, 6.45) is 0. The number of nitrogens with two attached hydrogens (primary N) is 1. The molecule has 2 nitrogen and oxygen atoms in total. The number of hydrogen-bond donors (Lipinski definition) is 1. The fourth-order valence-electron chi connectivity index (χ4n) is 1.23. The average molecular weight is 258 g/mol. The van der Waals surface area contributed by atoms with Crippen LogP contribution in [0.5, 0.6) is 0 Å². The Morgan fingerprint density at radius 1 is 1.46 bits per heavy atom. The molecule has 0 aliphatic carbocycles. The monoisotopic (exact) mass is 257 g/mol. The molecule has 1 aromatic carbocycles. The first-order valence-electron chi connectivity index (χ1n) is 3.80. The van der Waals surface area contributed by atoms with Crippen molar-refractivity contribution < 1.29 is 4.84 Å². The molecule has 2 rings (SSSR count). The summed E-state index contributed by atoms with van der Waals surface area (Å²) in [6.45, 7) is 0.478. The van der Waals surface area contributed by atoms with Gasteiger partial charge < -0.3 is 0 Å². The van der Waals surface area contributed by atoms with E-state index in [2.05, 4.69) is 32.9 Å². The summed E-state index contributed by atoms with van der Waals surface area (Å²) >= 11 is 5.20. The van der Waals surface area contributed by atoms with Crippen LogP contribution in [0.4, 0.5) is 0 Å². The third-order valence-electron chi connectivity index (χ3n) is 1.77. The molecule has 0 bridgehead atoms. The van der Waals surface area contributed by atoms with Crippen molar-refractivity contribution in [3.05, 3.63) is 33.6 Å². The van der Waals surface area contributed by atoms with Gasteiger partial charge in [-0.1, -0.05) is 12.1 Å². The van der Waals surface area contributed by atoms with Crippen LogP contribution in [-0.2, 0) is 11.4 Å². The Labute approximate surface area is 88.4 Å². The fourth-order valence-corrected chi connectivity index (χ4v) is 2.84. The zero-order valence-corrected chi connectivity index (χ0v) is 9.19. The lowest BCUT2D eigenvalue weighted by Gasteiger charge is -1.90. The Morgan fingerprint density at radius 2 is 2.31 bits per heavy atom. The highest BCUT2D eigenvalue weighted by atomic mass is 79.9. The van der Waals surface area contributed by atoms with Crippen LogP contribution >= 0.6 is 27.3 Å². The molecule has 0 saturated carbocycles. The van der Waals surface area contributed by atoms with Gasteiger partial charge in [0.05, 0.1) is 0 Å². The summed E-state index contributed by atoms with van der Waals surface area (Å²) in [6, 6.07) is 8.23. The lowest BCUT2D eigenvalue weighted by Crippen LogP contribution is -1.96. The molecular weight excluding hydrogens is 250 g/mol. The molecular formula is C9H8BrNOS. The van der Waals surface area contributed by atoms with Crippen LogP contribution < -0.4 is 5.90 Å². The summed E-state index contributed by atoms with van der Waals surface area (Å²) in [5.74, 6) is 5.02. The first kappa shape index (κ1) is 9.15. The minimum absolute atomic E-state index is 0.478. The minimum atomic E-state index is 0.478. The second-order valence-corrected chi connectivity index (χ2v) is 4.67. The second kappa shape index (κ2) is 3.75. The van der Waals surface area contributed by atoms with Gasteiger partial charge in [0.15, 0.2) is 0 Å². The van der Waals surface area contributed by atoms with Crippen molar-refractivity contribution in [1.29, 1.82) is 0 Å². The smallest absolute Gasteiger partial charge is 0.102 e. The van der Waals surface area contributed by atoms with Crippen molar-refractivity contribution >= 4 is 37.4 Å². The quantitative estimate of drug-likeness (QED) is 0.840. The highest BCUT2D eigenvalue weighted by molar-refractivity contribution is 9.10. The first-order valence-corrected chi connectivity index (χ1v) is 5.41. The predicted octanol–water partition coefficient (Wildman–Crippen LogP) is 3.05. The van der Waals surface area contributed by atoms with Crippen molar-refractivity contribution in [1.82, 2.24) is 0 Å². The number of fused-ring (bicyclic) bond motifs is 1. The third-order valence-corrected chi connectivity index (χ3v) is 3.85. The Bertz CT molecular complexity index is 426. The van der Waals surface area contributed by atoms with Crippen LogP contribution in [-0.4, -0.2) is 0 Å². The van der Waals surface area contributed by atoms with Gasteiger partial charge >= 0.3 is 0 Å². The largest absolute Gasteiger partial charge is 0.299 e. The van der Waals surface area contributed by atoms with E-state index in [-0.39, 0.29) is 0 Å². The van der Waals surface area contributed by atoms with Crippen molar-refractivity contribution in [3.8, 4) is 0 Å². The topological polar surface area (TPSA) is 35.2 Å². The minimum Gasteiger partial charge on any atom is -0.299 e. The van der Waals surface area contributed by atoms with Gasteiger partial charge in [0.2, 0.25) is 0 Å². The molecule has 2 N–H and O–H groups in total. The van der Waals surface area contributed by atoms with E-state index in [4.69, 9.17) is 5.90 Å². The Balaban J connectivity index is 2.55. The third kappa shape index (κ3) is 1.76. The highest BCUT2D eigenvalue weighted by Crippen LogP contribution is 2.31. The summed E-state index contributed by atoms with van der Waals surface area (Å²) < 4.78 is 2.37. The van der Waals surface area contributed by atoms with Gasteiger partial charge in [0, 0.05) is 14.0 Å². The molecule has 0 amide bonds. The van der Waals surface area contributed by atoms with E-state index in [0.29, 0.717) is 6.61 Å². The van der Waals surface area contributed by atoms with E-state index in [1.54, 1.807) is 11.3 Å². The van der Waals surface area contributed by atoms with Gasteiger partial charge in [0.25, 0.3) is 0 Å². The first-order chi connectivity index (χ1) is 6.31. The molecule has 0 unspecified atom stereocenters. The highest BCUT2D eigenvalue weighted by Gasteiger charge is 2.03. The average Bonchev–Trinajstić information content (AvgIpc) is 2.49. The van der Waals surface area contributed by atoms with Gasteiger partial charge in [-0.05, 0) is 33.4 Å². The standard InChI is InChI=1S/C9H8BrNOS/c10-8-3-1-2-6-4-7(5-12-11)13-9(6)8/h1-4H,5,11H2. The molecule has 0 spiro atoms. The lowest BCUT2D eigenvalue weighted by atomic mass is 10.2. The molecule has 2 aromatic rings. The Hall–Kier alpha value is -0.420. The summed E-state index contributed by atoms with van der Waals surface area (Å²) in [5, 5.41) is 1.23. The number of halogens is 1. The zero-order chi connectivity index (χ0) is 9.26. The molecule has 0 saturated heterocycles. The summed E-state index contributed by atoms with van der Waals surface area (Å²) in [5.41, 5.74) is 0. The maximum atomic E-state index is 5.02. The SMILES string of the molecule is NOCc1cc2cccc(Br)c2s1. The summed E-state index contributed by atoms with van der Waals surface area (Å²) in [4.78, 5) is 5.74.